The first-order valence-electron chi connectivity index (χ1n) is 3.62. The van der Waals surface area contributed by atoms with Gasteiger partial charge in [0.05, 0.1) is 12.6 Å². The molecule has 0 spiro atoms. The first kappa shape index (κ1) is 8.92. The summed E-state index contributed by atoms with van der Waals surface area (Å²) in [4.78, 5) is 0. The summed E-state index contributed by atoms with van der Waals surface area (Å²) in [6, 6.07) is 0. The largest absolute Gasteiger partial charge is 0.469 e. The average Bonchev–Trinajstić information content (AvgIpc) is 1.86. The third-order valence-electron chi connectivity index (χ3n) is 2.47. The summed E-state index contributed by atoms with van der Waals surface area (Å²) in [6.07, 6.45) is 2.16. The number of rotatable bonds is 3. The number of hydrogen-bond acceptors (Lipinski definition) is 0. The molecule has 0 fully saturated rings. The van der Waals surface area contributed by atoms with Crippen LogP contribution in [0, 0.1) is 0 Å². The highest BCUT2D eigenvalue weighted by Gasteiger charge is 2.22. The summed E-state index contributed by atoms with van der Waals surface area (Å²) in [5.74, 6) is 7.45. The third-order valence-corrected chi connectivity index (χ3v) is 2.47. The van der Waals surface area contributed by atoms with Crippen LogP contribution in [-0.4, -0.2) is 12.6 Å². The Kier molecular flexibility index (Phi) is 3.15. The highest BCUT2D eigenvalue weighted by Crippen LogP contribution is 2.07. The molecule has 0 aliphatic rings. The second-order valence-corrected chi connectivity index (χ2v) is 2.89. The zero-order chi connectivity index (χ0) is 7.49. The zero-order valence-electron chi connectivity index (χ0n) is 6.91. The van der Waals surface area contributed by atoms with E-state index < -0.39 is 0 Å². The highest BCUT2D eigenvalue weighted by molar-refractivity contribution is 4.67. The Hall–Kier alpha value is -0.0800. The summed E-state index contributed by atoms with van der Waals surface area (Å²) in [5.41, 5.74) is 0.167. The van der Waals surface area contributed by atoms with Crippen molar-refractivity contribution in [3.05, 3.63) is 5.84 Å². The minimum atomic E-state index is 0.167. The number of nitrogens with one attached hydrogen (secondary N) is 2. The topological polar surface area (TPSA) is 28.2 Å². The van der Waals surface area contributed by atoms with E-state index in [2.05, 4.69) is 20.8 Å². The van der Waals surface area contributed by atoms with Gasteiger partial charge in [0.2, 0.25) is 0 Å². The van der Waals surface area contributed by atoms with Gasteiger partial charge in [0.25, 0.3) is 0 Å². The van der Waals surface area contributed by atoms with Gasteiger partial charge in [-0.1, -0.05) is 13.8 Å². The van der Waals surface area contributed by atoms with Crippen molar-refractivity contribution >= 4 is 0 Å². The molecule has 56 valence electrons. The van der Waals surface area contributed by atoms with E-state index in [1.807, 2.05) is 7.05 Å². The van der Waals surface area contributed by atoms with Gasteiger partial charge in [-0.3, -0.25) is 0 Å². The van der Waals surface area contributed by atoms with Crippen LogP contribution in [-0.2, 0) is 0 Å². The van der Waals surface area contributed by atoms with Gasteiger partial charge in [-0.2, -0.15) is 0 Å². The Morgan fingerprint density at radius 3 is 1.67 bits per heavy atom. The summed E-state index contributed by atoms with van der Waals surface area (Å²) in [7, 11) is 1.90. The Bertz CT molecular complexity index is 75.0. The summed E-state index contributed by atoms with van der Waals surface area (Å²) in [5, 5.41) is 0.813. The Labute approximate surface area is 58.0 Å². The molecule has 2 N–H and O–H groups in total. The Morgan fingerprint density at radius 2 is 1.67 bits per heavy atom. The molecule has 0 bridgehead atoms. The smallest absolute Gasteiger partial charge is 0.0852 e. The molecule has 1 atom stereocenters. The van der Waals surface area contributed by atoms with Crippen LogP contribution in [0.15, 0.2) is 0 Å². The minimum absolute atomic E-state index is 0.167. The zero-order valence-corrected chi connectivity index (χ0v) is 6.91. The summed E-state index contributed by atoms with van der Waals surface area (Å²) < 4.78 is 0. The first-order chi connectivity index (χ1) is 4.06. The van der Waals surface area contributed by atoms with Crippen LogP contribution in [0.4, 0.5) is 0 Å². The molecule has 0 aromatic rings. The molecule has 0 saturated heterocycles. The van der Waals surface area contributed by atoms with E-state index in [0.717, 1.165) is 17.9 Å². The molecule has 0 radical (unpaired) electrons. The van der Waals surface area contributed by atoms with Crippen molar-refractivity contribution in [3.63, 3.8) is 0 Å². The minimum Gasteiger partial charge on any atom is -0.469 e. The van der Waals surface area contributed by atoms with Crippen LogP contribution >= 0.6 is 0 Å². The van der Waals surface area contributed by atoms with Gasteiger partial charge >= 0.3 is 0 Å². The van der Waals surface area contributed by atoms with Gasteiger partial charge in [0, 0.05) is 0 Å². The van der Waals surface area contributed by atoms with Gasteiger partial charge in [0.1, 0.15) is 0 Å². The van der Waals surface area contributed by atoms with Crippen molar-refractivity contribution in [2.45, 2.75) is 39.2 Å². The first-order valence-corrected chi connectivity index (χ1v) is 3.62. The van der Waals surface area contributed by atoms with Crippen molar-refractivity contribution in [1.29, 1.82) is 0 Å². The van der Waals surface area contributed by atoms with Gasteiger partial charge in [-0.15, -0.1) is 0 Å². The molecular weight excluding hydrogens is 112 g/mol. The average molecular weight is 130 g/mol. The van der Waals surface area contributed by atoms with Gasteiger partial charge in [-0.05, 0) is 19.8 Å². The molecule has 0 heterocycles. The molecule has 2 nitrogen and oxygen atoms in total. The van der Waals surface area contributed by atoms with Crippen molar-refractivity contribution in [1.82, 2.24) is 0 Å². The van der Waals surface area contributed by atoms with Gasteiger partial charge in [-0.25, -0.2) is 0 Å². The molecule has 0 aliphatic carbocycles. The molecule has 0 aliphatic heterocycles. The molecule has 1 unspecified atom stereocenters. The molecule has 0 aromatic heterocycles. The SMILES string of the molecule is CCC(C)(CC)[NH+](C)[NH-]. The quantitative estimate of drug-likeness (QED) is 0.553. The lowest BCUT2D eigenvalue weighted by Gasteiger charge is -2.36. The fraction of sp³-hybridized carbons (Fsp3) is 1.00. The molecule has 0 saturated carbocycles. The van der Waals surface area contributed by atoms with Crippen LogP contribution in [0.1, 0.15) is 33.6 Å². The molecule has 0 amide bonds. The lowest BCUT2D eigenvalue weighted by molar-refractivity contribution is -0.884. The predicted molar refractivity (Wildman–Crippen MR) is 40.2 cm³/mol. The fourth-order valence-corrected chi connectivity index (χ4v) is 0.780. The molecular formula is C7H18N2. The van der Waals surface area contributed by atoms with Crippen LogP contribution in [0.2, 0.25) is 0 Å². The number of hydrogen-bond donors (Lipinski definition) is 1. The standard InChI is InChI=1S/C7H18N2/c1-5-7(3,6-2)9(4)8/h8-9H,5-6H2,1-4H3. The van der Waals surface area contributed by atoms with Gasteiger partial charge in [0.15, 0.2) is 0 Å². The van der Waals surface area contributed by atoms with E-state index in [-0.39, 0.29) is 5.54 Å². The lowest BCUT2D eigenvalue weighted by Crippen LogP contribution is -3.11. The van der Waals surface area contributed by atoms with E-state index in [1.165, 1.54) is 0 Å². The maximum absolute atomic E-state index is 7.45. The van der Waals surface area contributed by atoms with E-state index in [0.29, 0.717) is 0 Å². The summed E-state index contributed by atoms with van der Waals surface area (Å²) >= 11 is 0. The maximum Gasteiger partial charge on any atom is 0.0852 e. The van der Waals surface area contributed by atoms with Crippen molar-refractivity contribution < 1.29 is 5.01 Å². The normalized spacial score (nSPS) is 15.7. The van der Waals surface area contributed by atoms with Crippen molar-refractivity contribution in [3.8, 4) is 0 Å². The van der Waals surface area contributed by atoms with E-state index in [4.69, 9.17) is 5.84 Å². The summed E-state index contributed by atoms with van der Waals surface area (Å²) in [6.45, 7) is 6.43. The molecule has 9 heavy (non-hydrogen) atoms. The van der Waals surface area contributed by atoms with E-state index in [9.17, 15) is 0 Å². The van der Waals surface area contributed by atoms with E-state index in [1.54, 1.807) is 0 Å². The van der Waals surface area contributed by atoms with Crippen molar-refractivity contribution in [2.75, 3.05) is 7.05 Å². The second kappa shape index (κ2) is 3.18. The third kappa shape index (κ3) is 1.95. The number of quaternary nitrogens is 1. The predicted octanol–water partition coefficient (Wildman–Crippen LogP) is 1.05. The highest BCUT2D eigenvalue weighted by atomic mass is 15.4. The lowest BCUT2D eigenvalue weighted by atomic mass is 9.95. The molecule has 0 rings (SSSR count). The second-order valence-electron chi connectivity index (χ2n) is 2.89. The van der Waals surface area contributed by atoms with Crippen LogP contribution < -0.4 is 5.01 Å². The van der Waals surface area contributed by atoms with E-state index >= 15 is 0 Å². The molecule has 0 aromatic carbocycles. The monoisotopic (exact) mass is 130 g/mol. The van der Waals surface area contributed by atoms with Crippen molar-refractivity contribution in [2.24, 2.45) is 0 Å². The molecule has 2 heteroatoms. The van der Waals surface area contributed by atoms with Crippen LogP contribution in [0.5, 0.6) is 0 Å². The van der Waals surface area contributed by atoms with Gasteiger partial charge < -0.3 is 10.9 Å². The van der Waals surface area contributed by atoms with Crippen LogP contribution in [0.3, 0.4) is 0 Å². The Balaban J connectivity index is 3.92. The fourth-order valence-electron chi connectivity index (χ4n) is 0.780. The maximum atomic E-state index is 7.45. The Morgan fingerprint density at radius 1 is 1.33 bits per heavy atom. The van der Waals surface area contributed by atoms with Crippen LogP contribution in [0.25, 0.3) is 5.84 Å².